The third-order valence-corrected chi connectivity index (χ3v) is 8.18. The van der Waals surface area contributed by atoms with Crippen molar-refractivity contribution in [3.8, 4) is 0 Å². The molecule has 6 nitrogen and oxygen atoms in total. The summed E-state index contributed by atoms with van der Waals surface area (Å²) in [6.07, 6.45) is 5.64. The van der Waals surface area contributed by atoms with E-state index in [2.05, 4.69) is 5.32 Å². The number of nitrogens with one attached hydrogen (secondary N) is 1. The summed E-state index contributed by atoms with van der Waals surface area (Å²) in [5.41, 5.74) is 0.805. The first-order valence-electron chi connectivity index (χ1n) is 10.8. The summed E-state index contributed by atoms with van der Waals surface area (Å²) in [5, 5.41) is 13.6. The van der Waals surface area contributed by atoms with Crippen molar-refractivity contribution in [2.75, 3.05) is 17.3 Å². The third-order valence-electron chi connectivity index (χ3n) is 6.82. The number of halogens is 2. The Hall–Kier alpha value is -1.90. The number of amides is 1. The Morgan fingerprint density at radius 1 is 1.28 bits per heavy atom. The Morgan fingerprint density at radius 3 is 2.50 bits per heavy atom. The average molecular weight is 483 g/mol. The number of aromatic nitrogens is 1. The van der Waals surface area contributed by atoms with Crippen LogP contribution in [0.4, 0.5) is 10.1 Å². The predicted octanol–water partition coefficient (Wildman–Crippen LogP) is 4.23. The molecule has 32 heavy (non-hydrogen) atoms. The molecule has 1 amide bonds. The Bertz CT molecular complexity index is 1130. The van der Waals surface area contributed by atoms with Crippen LogP contribution in [-0.4, -0.2) is 41.6 Å². The van der Waals surface area contributed by atoms with Gasteiger partial charge in [-0.3, -0.25) is 4.79 Å². The van der Waals surface area contributed by atoms with Crippen LogP contribution >= 0.6 is 11.6 Å². The summed E-state index contributed by atoms with van der Waals surface area (Å²) in [4.78, 5) is 13.2. The molecule has 4 rings (SSSR count). The number of benzene rings is 1. The normalized spacial score (nSPS) is 27.5. The number of fused-ring (bicyclic) bond motifs is 1. The van der Waals surface area contributed by atoms with Crippen LogP contribution in [0.25, 0.3) is 0 Å². The lowest BCUT2D eigenvalue weighted by Crippen LogP contribution is -2.34. The number of sulfone groups is 1. The molecular weight excluding hydrogens is 455 g/mol. The fourth-order valence-corrected chi connectivity index (χ4v) is 7.13. The predicted molar refractivity (Wildman–Crippen MR) is 122 cm³/mol. The SMILES string of the molecule is CCn1ccc(C2CC3CC(O)(CS(C)(=O)=O)CC3C2)c1C(=O)Nc1ccc(F)c(Cl)c1. The van der Waals surface area contributed by atoms with Gasteiger partial charge in [0.1, 0.15) is 21.3 Å². The topological polar surface area (TPSA) is 88.4 Å². The van der Waals surface area contributed by atoms with Gasteiger partial charge in [0.05, 0.1) is 16.4 Å². The highest BCUT2D eigenvalue weighted by Gasteiger charge is 2.50. The van der Waals surface area contributed by atoms with Gasteiger partial charge in [-0.05, 0) is 80.2 Å². The van der Waals surface area contributed by atoms with E-state index in [0.29, 0.717) is 30.8 Å². The summed E-state index contributed by atoms with van der Waals surface area (Å²) >= 11 is 5.84. The van der Waals surface area contributed by atoms with Gasteiger partial charge in [-0.25, -0.2) is 12.8 Å². The molecule has 0 bridgehead atoms. The molecule has 2 N–H and O–H groups in total. The maximum atomic E-state index is 13.5. The minimum Gasteiger partial charge on any atom is -0.389 e. The molecule has 1 heterocycles. The Balaban J connectivity index is 1.52. The molecule has 0 spiro atoms. The number of carbonyl (C=O) groups excluding carboxylic acids is 1. The molecule has 2 unspecified atom stereocenters. The van der Waals surface area contributed by atoms with Crippen LogP contribution in [0.1, 0.15) is 54.6 Å². The van der Waals surface area contributed by atoms with E-state index in [9.17, 15) is 22.7 Å². The molecule has 1 aromatic heterocycles. The second-order valence-electron chi connectivity index (χ2n) is 9.38. The maximum Gasteiger partial charge on any atom is 0.272 e. The molecule has 174 valence electrons. The van der Waals surface area contributed by atoms with Crippen molar-refractivity contribution in [1.29, 1.82) is 0 Å². The first-order valence-corrected chi connectivity index (χ1v) is 13.3. The number of hydrogen-bond acceptors (Lipinski definition) is 4. The molecule has 9 heteroatoms. The van der Waals surface area contributed by atoms with Crippen molar-refractivity contribution in [3.05, 3.63) is 52.6 Å². The zero-order valence-electron chi connectivity index (χ0n) is 18.1. The lowest BCUT2D eigenvalue weighted by atomic mass is 9.91. The second kappa shape index (κ2) is 8.47. The molecule has 0 radical (unpaired) electrons. The summed E-state index contributed by atoms with van der Waals surface area (Å²) in [6.45, 7) is 2.59. The van der Waals surface area contributed by atoms with Gasteiger partial charge in [-0.2, -0.15) is 0 Å². The molecule has 0 aliphatic heterocycles. The number of nitrogens with zero attached hydrogens (tertiary/aromatic N) is 1. The highest BCUT2D eigenvalue weighted by Crippen LogP contribution is 2.54. The number of carbonyl (C=O) groups is 1. The van der Waals surface area contributed by atoms with Gasteiger partial charge in [-0.15, -0.1) is 0 Å². The lowest BCUT2D eigenvalue weighted by molar-refractivity contribution is 0.0613. The number of anilines is 1. The molecular formula is C23H28ClFN2O4S. The van der Waals surface area contributed by atoms with E-state index in [-0.39, 0.29) is 34.4 Å². The minimum atomic E-state index is -3.26. The molecule has 2 aliphatic carbocycles. The van der Waals surface area contributed by atoms with Crippen molar-refractivity contribution in [2.45, 2.75) is 50.7 Å². The van der Waals surface area contributed by atoms with Crippen LogP contribution in [0.2, 0.25) is 5.02 Å². The average Bonchev–Trinajstić information content (AvgIpc) is 3.33. The van der Waals surface area contributed by atoms with E-state index in [1.54, 1.807) is 0 Å². The first kappa shape index (κ1) is 23.3. The van der Waals surface area contributed by atoms with Gasteiger partial charge >= 0.3 is 0 Å². The summed E-state index contributed by atoms with van der Waals surface area (Å²) < 4.78 is 38.8. The van der Waals surface area contributed by atoms with E-state index in [1.165, 1.54) is 18.2 Å². The van der Waals surface area contributed by atoms with Crippen molar-refractivity contribution in [2.24, 2.45) is 11.8 Å². The fraction of sp³-hybridized carbons (Fsp3) is 0.522. The largest absolute Gasteiger partial charge is 0.389 e. The van der Waals surface area contributed by atoms with Gasteiger partial charge < -0.3 is 15.0 Å². The molecule has 2 aliphatic rings. The summed E-state index contributed by atoms with van der Waals surface area (Å²) in [7, 11) is -3.26. The van der Waals surface area contributed by atoms with E-state index < -0.39 is 21.3 Å². The van der Waals surface area contributed by atoms with E-state index in [1.807, 2.05) is 23.8 Å². The van der Waals surface area contributed by atoms with Crippen molar-refractivity contribution < 1.29 is 22.7 Å². The minimum absolute atomic E-state index is 0.0564. The summed E-state index contributed by atoms with van der Waals surface area (Å²) in [6, 6.07) is 6.05. The molecule has 2 fully saturated rings. The number of hydrogen-bond donors (Lipinski definition) is 2. The van der Waals surface area contributed by atoms with Crippen LogP contribution in [0.5, 0.6) is 0 Å². The zero-order valence-corrected chi connectivity index (χ0v) is 19.7. The number of aryl methyl sites for hydroxylation is 1. The van der Waals surface area contributed by atoms with E-state index in [0.717, 1.165) is 24.7 Å². The quantitative estimate of drug-likeness (QED) is 0.644. The van der Waals surface area contributed by atoms with Crippen LogP contribution in [0.3, 0.4) is 0 Å². The second-order valence-corrected chi connectivity index (χ2v) is 11.9. The monoisotopic (exact) mass is 482 g/mol. The first-order chi connectivity index (χ1) is 15.0. The summed E-state index contributed by atoms with van der Waals surface area (Å²) in [5.74, 6) is -0.376. The number of aliphatic hydroxyl groups is 1. The lowest BCUT2D eigenvalue weighted by Gasteiger charge is -2.24. The van der Waals surface area contributed by atoms with E-state index >= 15 is 0 Å². The van der Waals surface area contributed by atoms with Crippen molar-refractivity contribution in [3.63, 3.8) is 0 Å². The fourth-order valence-electron chi connectivity index (χ4n) is 5.74. The van der Waals surface area contributed by atoms with Crippen LogP contribution < -0.4 is 5.32 Å². The Kier molecular flexibility index (Phi) is 6.15. The van der Waals surface area contributed by atoms with E-state index in [4.69, 9.17) is 11.6 Å². The van der Waals surface area contributed by atoms with Crippen molar-refractivity contribution >= 4 is 33.0 Å². The van der Waals surface area contributed by atoms with Crippen LogP contribution in [0.15, 0.2) is 30.5 Å². The van der Waals surface area contributed by atoms with Gasteiger partial charge in [0, 0.05) is 24.7 Å². The van der Waals surface area contributed by atoms with Gasteiger partial charge in [0.15, 0.2) is 0 Å². The smallest absolute Gasteiger partial charge is 0.272 e. The number of rotatable bonds is 6. The Labute approximate surface area is 192 Å². The molecule has 1 aromatic carbocycles. The standard InChI is InChI=1S/C23H28ClFN2O4S/c1-3-27-7-6-18(21(27)22(28)26-17-4-5-20(25)19(24)10-17)14-8-15-11-23(29,12-16(15)9-14)13-32(2,30)31/h4-7,10,14-16,29H,3,8-9,11-13H2,1-2H3,(H,26,28). The zero-order chi connectivity index (χ0) is 23.3. The molecule has 2 atom stereocenters. The van der Waals surface area contributed by atoms with Gasteiger partial charge in [0.25, 0.3) is 5.91 Å². The van der Waals surface area contributed by atoms with Gasteiger partial charge in [-0.1, -0.05) is 11.6 Å². The van der Waals surface area contributed by atoms with Crippen LogP contribution in [0, 0.1) is 17.7 Å². The molecule has 0 saturated heterocycles. The van der Waals surface area contributed by atoms with Crippen LogP contribution in [-0.2, 0) is 16.4 Å². The third kappa shape index (κ3) is 4.72. The Morgan fingerprint density at radius 2 is 1.94 bits per heavy atom. The molecule has 2 saturated carbocycles. The molecule has 2 aromatic rings. The van der Waals surface area contributed by atoms with Gasteiger partial charge in [0.2, 0.25) is 0 Å². The highest BCUT2D eigenvalue weighted by atomic mass is 35.5. The van der Waals surface area contributed by atoms with Crippen molar-refractivity contribution in [1.82, 2.24) is 4.57 Å². The maximum absolute atomic E-state index is 13.5. The highest BCUT2D eigenvalue weighted by molar-refractivity contribution is 7.90.